The molecular formula is C9H8BrN5O2. The van der Waals surface area contributed by atoms with E-state index in [1.807, 2.05) is 0 Å². The molecule has 1 aromatic heterocycles. The van der Waals surface area contributed by atoms with Gasteiger partial charge in [-0.05, 0) is 33.3 Å². The number of rotatable bonds is 3. The summed E-state index contributed by atoms with van der Waals surface area (Å²) < 4.78 is 5.91. The number of nitrogens with zero attached hydrogens (tertiary/aromatic N) is 3. The van der Waals surface area contributed by atoms with Crippen LogP contribution in [0.3, 0.4) is 0 Å². The van der Waals surface area contributed by atoms with Crippen LogP contribution in [0.5, 0.6) is 5.75 Å². The van der Waals surface area contributed by atoms with Crippen LogP contribution in [0.1, 0.15) is 10.6 Å². The van der Waals surface area contributed by atoms with Crippen LogP contribution in [0.2, 0.25) is 0 Å². The molecule has 0 aliphatic carbocycles. The van der Waals surface area contributed by atoms with Crippen LogP contribution < -0.4 is 10.1 Å². The third-order valence-corrected chi connectivity index (χ3v) is 2.61. The van der Waals surface area contributed by atoms with Gasteiger partial charge in [-0.2, -0.15) is 5.21 Å². The lowest BCUT2D eigenvalue weighted by atomic mass is 10.3. The smallest absolute Gasteiger partial charge is 0.297 e. The topological polar surface area (TPSA) is 92.8 Å². The summed E-state index contributed by atoms with van der Waals surface area (Å²) in [5.41, 5.74) is 0.583. The second-order valence-electron chi connectivity index (χ2n) is 3.04. The van der Waals surface area contributed by atoms with Crippen LogP contribution in [-0.4, -0.2) is 33.6 Å². The molecule has 0 atom stereocenters. The van der Waals surface area contributed by atoms with E-state index in [-0.39, 0.29) is 5.82 Å². The first-order chi connectivity index (χ1) is 8.20. The predicted octanol–water partition coefficient (Wildman–Crippen LogP) is 1.22. The quantitative estimate of drug-likeness (QED) is 0.889. The Bertz CT molecular complexity index is 528. The first-order valence-corrected chi connectivity index (χ1v) is 5.38. The number of aromatic nitrogens is 4. The van der Waals surface area contributed by atoms with Gasteiger partial charge < -0.3 is 10.1 Å². The lowest BCUT2D eigenvalue weighted by Gasteiger charge is -2.06. The fraction of sp³-hybridized carbons (Fsp3) is 0.111. The molecule has 0 aliphatic rings. The summed E-state index contributed by atoms with van der Waals surface area (Å²) in [6, 6.07) is 5.18. The Kier molecular flexibility index (Phi) is 3.33. The van der Waals surface area contributed by atoms with E-state index >= 15 is 0 Å². The molecule has 0 radical (unpaired) electrons. The van der Waals surface area contributed by atoms with Gasteiger partial charge in [-0.15, -0.1) is 10.2 Å². The van der Waals surface area contributed by atoms with Crippen molar-refractivity contribution in [1.82, 2.24) is 20.6 Å². The number of anilines is 1. The maximum absolute atomic E-state index is 11.6. The highest BCUT2D eigenvalue weighted by molar-refractivity contribution is 9.10. The second kappa shape index (κ2) is 4.91. The Balaban J connectivity index is 2.16. The monoisotopic (exact) mass is 297 g/mol. The Morgan fingerprint density at radius 1 is 1.53 bits per heavy atom. The van der Waals surface area contributed by atoms with Gasteiger partial charge >= 0.3 is 0 Å². The lowest BCUT2D eigenvalue weighted by molar-refractivity contribution is 0.101. The third-order valence-electron chi connectivity index (χ3n) is 1.96. The van der Waals surface area contributed by atoms with E-state index in [0.717, 1.165) is 4.47 Å². The maximum Gasteiger partial charge on any atom is 0.297 e. The van der Waals surface area contributed by atoms with Crippen LogP contribution in [0, 0.1) is 0 Å². The molecule has 0 fully saturated rings. The van der Waals surface area contributed by atoms with Crippen molar-refractivity contribution in [2.24, 2.45) is 0 Å². The van der Waals surface area contributed by atoms with Gasteiger partial charge in [0.1, 0.15) is 5.75 Å². The highest BCUT2D eigenvalue weighted by atomic mass is 79.9. The van der Waals surface area contributed by atoms with Crippen molar-refractivity contribution in [1.29, 1.82) is 0 Å². The molecule has 0 saturated carbocycles. The molecule has 88 valence electrons. The second-order valence-corrected chi connectivity index (χ2v) is 3.89. The Labute approximate surface area is 105 Å². The fourth-order valence-electron chi connectivity index (χ4n) is 1.18. The van der Waals surface area contributed by atoms with Gasteiger partial charge in [-0.25, -0.2) is 0 Å². The zero-order chi connectivity index (χ0) is 12.3. The largest absolute Gasteiger partial charge is 0.495 e. The molecule has 2 aromatic rings. The Hall–Kier alpha value is -1.96. The zero-order valence-corrected chi connectivity index (χ0v) is 10.4. The van der Waals surface area contributed by atoms with Crippen LogP contribution >= 0.6 is 15.9 Å². The van der Waals surface area contributed by atoms with Gasteiger partial charge in [-0.3, -0.25) is 4.79 Å². The summed E-state index contributed by atoms with van der Waals surface area (Å²) in [5.74, 6) is 0.158. The number of methoxy groups -OCH3 is 1. The van der Waals surface area contributed by atoms with Crippen LogP contribution in [0.25, 0.3) is 0 Å². The molecule has 17 heavy (non-hydrogen) atoms. The minimum atomic E-state index is -0.442. The summed E-state index contributed by atoms with van der Waals surface area (Å²) in [4.78, 5) is 11.6. The molecule has 1 aromatic carbocycles. The van der Waals surface area contributed by atoms with E-state index in [1.54, 1.807) is 25.3 Å². The van der Waals surface area contributed by atoms with Crippen molar-refractivity contribution >= 4 is 27.5 Å². The number of benzene rings is 1. The predicted molar refractivity (Wildman–Crippen MR) is 62.8 cm³/mol. The van der Waals surface area contributed by atoms with Crippen molar-refractivity contribution < 1.29 is 9.53 Å². The average molecular weight is 298 g/mol. The first kappa shape index (κ1) is 11.5. The van der Waals surface area contributed by atoms with E-state index in [9.17, 15) is 4.79 Å². The highest BCUT2D eigenvalue weighted by Gasteiger charge is 2.11. The molecule has 0 spiro atoms. The zero-order valence-electron chi connectivity index (χ0n) is 8.77. The van der Waals surface area contributed by atoms with Crippen LogP contribution in [0.4, 0.5) is 5.69 Å². The van der Waals surface area contributed by atoms with Crippen molar-refractivity contribution in [2.75, 3.05) is 12.4 Å². The molecule has 7 nitrogen and oxygen atoms in total. The van der Waals surface area contributed by atoms with Crippen molar-refractivity contribution in [3.63, 3.8) is 0 Å². The highest BCUT2D eigenvalue weighted by Crippen LogP contribution is 2.27. The molecular weight excluding hydrogens is 290 g/mol. The molecule has 1 amide bonds. The number of carbonyl (C=O) groups excluding carboxylic acids is 1. The first-order valence-electron chi connectivity index (χ1n) is 4.59. The van der Waals surface area contributed by atoms with Gasteiger partial charge in [-0.1, -0.05) is 0 Å². The van der Waals surface area contributed by atoms with Crippen LogP contribution in [-0.2, 0) is 0 Å². The normalized spacial score (nSPS) is 10.0. The van der Waals surface area contributed by atoms with Gasteiger partial charge in [0.15, 0.2) is 0 Å². The Morgan fingerprint density at radius 3 is 3.00 bits per heavy atom. The summed E-state index contributed by atoms with van der Waals surface area (Å²) >= 11 is 3.32. The molecule has 2 rings (SSSR count). The Morgan fingerprint density at radius 2 is 2.35 bits per heavy atom. The van der Waals surface area contributed by atoms with Crippen LogP contribution in [0.15, 0.2) is 22.7 Å². The fourth-order valence-corrected chi connectivity index (χ4v) is 1.59. The number of hydrogen-bond acceptors (Lipinski definition) is 5. The van der Waals surface area contributed by atoms with E-state index in [2.05, 4.69) is 41.9 Å². The molecule has 8 heteroatoms. The number of tetrazole rings is 1. The number of carbonyl (C=O) groups is 1. The van der Waals surface area contributed by atoms with Crippen molar-refractivity contribution in [3.05, 3.63) is 28.5 Å². The summed E-state index contributed by atoms with van der Waals surface area (Å²) in [7, 11) is 1.55. The molecule has 0 bridgehead atoms. The number of amides is 1. The number of aromatic amines is 1. The molecule has 2 N–H and O–H groups in total. The maximum atomic E-state index is 11.6. The minimum Gasteiger partial charge on any atom is -0.495 e. The molecule has 1 heterocycles. The molecule has 0 saturated heterocycles. The SMILES string of the molecule is COc1cc(NC(=O)c2nn[nH]n2)ccc1Br. The minimum absolute atomic E-state index is 0.0214. The van der Waals surface area contributed by atoms with Crippen molar-refractivity contribution in [2.45, 2.75) is 0 Å². The lowest BCUT2D eigenvalue weighted by Crippen LogP contribution is -2.13. The van der Waals surface area contributed by atoms with E-state index in [4.69, 9.17) is 4.74 Å². The van der Waals surface area contributed by atoms with Gasteiger partial charge in [0, 0.05) is 11.8 Å². The molecule has 0 unspecified atom stereocenters. The standard InChI is InChI=1S/C9H8BrN5O2/c1-17-7-4-5(2-3-6(7)10)11-9(16)8-12-14-15-13-8/h2-4H,1H3,(H,11,16)(H,12,13,14,15). The van der Waals surface area contributed by atoms with E-state index in [1.165, 1.54) is 0 Å². The number of ether oxygens (including phenoxy) is 1. The average Bonchev–Trinajstić information content (AvgIpc) is 2.85. The third kappa shape index (κ3) is 2.59. The summed E-state index contributed by atoms with van der Waals surface area (Å²) in [6.07, 6.45) is 0. The van der Waals surface area contributed by atoms with E-state index in [0.29, 0.717) is 11.4 Å². The summed E-state index contributed by atoms with van der Waals surface area (Å²) in [6.45, 7) is 0. The van der Waals surface area contributed by atoms with Gasteiger partial charge in [0.05, 0.1) is 11.6 Å². The van der Waals surface area contributed by atoms with E-state index < -0.39 is 5.91 Å². The van der Waals surface area contributed by atoms with Crippen molar-refractivity contribution in [3.8, 4) is 5.75 Å². The number of nitrogens with one attached hydrogen (secondary N) is 2. The summed E-state index contributed by atoms with van der Waals surface area (Å²) in [5, 5.41) is 15.3. The number of H-pyrrole nitrogens is 1. The molecule has 0 aliphatic heterocycles. The number of halogens is 1. The number of hydrogen-bond donors (Lipinski definition) is 2. The van der Waals surface area contributed by atoms with Gasteiger partial charge in [0.2, 0.25) is 0 Å². The van der Waals surface area contributed by atoms with Gasteiger partial charge in [0.25, 0.3) is 11.7 Å².